The molecule has 0 unspecified atom stereocenters. The molecule has 3 aromatic rings. The van der Waals surface area contributed by atoms with Crippen LogP contribution in [0, 0.1) is 0 Å². The topological polar surface area (TPSA) is 108 Å². The van der Waals surface area contributed by atoms with E-state index in [9.17, 15) is 18.0 Å². The van der Waals surface area contributed by atoms with Crippen LogP contribution in [0.15, 0.2) is 48.5 Å². The number of carboxylic acid groups (broad SMARTS) is 1. The quantitative estimate of drug-likeness (QED) is 0.392. The molecule has 3 rings (SSSR count). The largest absolute Gasteiger partial charge is 0.491 e. The van der Waals surface area contributed by atoms with Gasteiger partial charge >= 0.3 is 12.1 Å². The fraction of sp³-hybridized carbons (Fsp3) is 0.318. The molecule has 33 heavy (non-hydrogen) atoms. The summed E-state index contributed by atoms with van der Waals surface area (Å²) in [5.74, 6) is -1.42. The number of aliphatic carboxylic acids is 1. The molecule has 2 aromatic carbocycles. The number of nitrogens with zero attached hydrogens (tertiary/aromatic N) is 2. The first-order chi connectivity index (χ1) is 15.7. The zero-order chi connectivity index (χ0) is 23.8. The van der Waals surface area contributed by atoms with Gasteiger partial charge in [0.15, 0.2) is 0 Å². The maximum Gasteiger partial charge on any atom is 0.419 e. The molecular formula is C22H22F3N3O4S. The van der Waals surface area contributed by atoms with Gasteiger partial charge in [-0.2, -0.15) is 13.2 Å². The number of aromatic nitrogens is 2. The van der Waals surface area contributed by atoms with Gasteiger partial charge in [0.05, 0.1) is 31.2 Å². The fourth-order valence-corrected chi connectivity index (χ4v) is 3.78. The lowest BCUT2D eigenvalue weighted by atomic mass is 10.1. The Morgan fingerprint density at radius 1 is 1.09 bits per heavy atom. The molecule has 0 amide bonds. The Balaban J connectivity index is 1.61. The number of ether oxygens (including phenoxy) is 2. The number of carbonyl (C=O) groups is 1. The first-order valence-corrected chi connectivity index (χ1v) is 10.8. The molecule has 0 aliphatic carbocycles. The van der Waals surface area contributed by atoms with Crippen molar-refractivity contribution in [3.05, 3.63) is 64.7 Å². The number of alkyl halides is 3. The highest BCUT2D eigenvalue weighted by Gasteiger charge is 2.35. The van der Waals surface area contributed by atoms with Gasteiger partial charge in [-0.3, -0.25) is 4.79 Å². The summed E-state index contributed by atoms with van der Waals surface area (Å²) in [5.41, 5.74) is 6.09. The second-order valence-electron chi connectivity index (χ2n) is 7.05. The molecule has 7 nitrogen and oxygen atoms in total. The van der Waals surface area contributed by atoms with Gasteiger partial charge in [-0.1, -0.05) is 41.7 Å². The number of nitrogens with two attached hydrogens (primary N) is 1. The lowest BCUT2D eigenvalue weighted by Gasteiger charge is -2.15. The summed E-state index contributed by atoms with van der Waals surface area (Å²) in [6, 6.07) is 12.4. The SMILES string of the molecule is N[C@@H](CC(=O)O)c1nnc(-c2ccc(OCCOCCc3ccccc3)c(C(F)(F)F)c2)s1. The van der Waals surface area contributed by atoms with Crippen molar-refractivity contribution in [1.82, 2.24) is 10.2 Å². The normalized spacial score (nSPS) is 12.5. The maximum absolute atomic E-state index is 13.6. The van der Waals surface area contributed by atoms with Crippen LogP contribution in [0.1, 0.15) is 28.6 Å². The van der Waals surface area contributed by atoms with Crippen molar-refractivity contribution < 1.29 is 32.5 Å². The summed E-state index contributed by atoms with van der Waals surface area (Å²) in [4.78, 5) is 10.8. The van der Waals surface area contributed by atoms with Crippen LogP contribution < -0.4 is 10.5 Å². The summed E-state index contributed by atoms with van der Waals surface area (Å²) >= 11 is 0.948. The van der Waals surface area contributed by atoms with Crippen LogP contribution >= 0.6 is 11.3 Å². The summed E-state index contributed by atoms with van der Waals surface area (Å²) < 4.78 is 51.6. The Morgan fingerprint density at radius 2 is 1.85 bits per heavy atom. The van der Waals surface area contributed by atoms with Gasteiger partial charge in [0.25, 0.3) is 0 Å². The van der Waals surface area contributed by atoms with Crippen LogP contribution in [0.25, 0.3) is 10.6 Å². The zero-order valence-corrected chi connectivity index (χ0v) is 18.2. The van der Waals surface area contributed by atoms with Gasteiger partial charge in [0.1, 0.15) is 22.4 Å². The summed E-state index contributed by atoms with van der Waals surface area (Å²) in [7, 11) is 0. The second-order valence-corrected chi connectivity index (χ2v) is 8.06. The molecule has 0 saturated heterocycles. The number of benzene rings is 2. The monoisotopic (exact) mass is 481 g/mol. The third-order valence-electron chi connectivity index (χ3n) is 4.55. The minimum Gasteiger partial charge on any atom is -0.491 e. The van der Waals surface area contributed by atoms with Gasteiger partial charge in [-0.05, 0) is 30.2 Å². The molecule has 1 atom stereocenters. The highest BCUT2D eigenvalue weighted by molar-refractivity contribution is 7.14. The maximum atomic E-state index is 13.6. The minimum absolute atomic E-state index is 0.0375. The number of hydrogen-bond donors (Lipinski definition) is 2. The van der Waals surface area contributed by atoms with Gasteiger partial charge < -0.3 is 20.3 Å². The standard InChI is InChI=1S/C22H22F3N3O4S/c23-22(24,25)16-12-15(20-27-28-21(33-20)17(26)13-19(29)30)6-7-18(16)32-11-10-31-9-8-14-4-2-1-3-5-14/h1-7,12,17H,8-11,13,26H2,(H,29,30)/t17-/m0/s1. The third-order valence-corrected chi connectivity index (χ3v) is 5.65. The van der Waals surface area contributed by atoms with Crippen molar-refractivity contribution in [2.24, 2.45) is 5.73 Å². The van der Waals surface area contributed by atoms with Crippen LogP contribution in [0.3, 0.4) is 0 Å². The number of halogens is 3. The van der Waals surface area contributed by atoms with Crippen molar-refractivity contribution in [3.63, 3.8) is 0 Å². The van der Waals surface area contributed by atoms with Crippen molar-refractivity contribution >= 4 is 17.3 Å². The fourth-order valence-electron chi connectivity index (χ4n) is 2.93. The lowest BCUT2D eigenvalue weighted by Crippen LogP contribution is -2.14. The average Bonchev–Trinajstić information content (AvgIpc) is 3.26. The van der Waals surface area contributed by atoms with E-state index in [1.807, 2.05) is 30.3 Å². The highest BCUT2D eigenvalue weighted by atomic mass is 32.1. The minimum atomic E-state index is -4.65. The summed E-state index contributed by atoms with van der Waals surface area (Å²) in [5, 5.41) is 16.9. The molecule has 176 valence electrons. The highest BCUT2D eigenvalue weighted by Crippen LogP contribution is 2.39. The van der Waals surface area contributed by atoms with E-state index < -0.39 is 23.8 Å². The zero-order valence-electron chi connectivity index (χ0n) is 17.4. The lowest BCUT2D eigenvalue weighted by molar-refractivity contribution is -0.139. The molecule has 0 bridgehead atoms. The summed E-state index contributed by atoms with van der Waals surface area (Å²) in [6.07, 6.45) is -4.31. The van der Waals surface area contributed by atoms with Gasteiger partial charge in [-0.25, -0.2) is 0 Å². The Hall–Kier alpha value is -3.02. The van der Waals surface area contributed by atoms with Crippen LogP contribution in [0.2, 0.25) is 0 Å². The molecule has 0 aliphatic rings. The Bertz CT molecular complexity index is 1060. The number of hydrogen-bond acceptors (Lipinski definition) is 7. The van der Waals surface area contributed by atoms with E-state index >= 15 is 0 Å². The molecule has 0 saturated carbocycles. The van der Waals surface area contributed by atoms with Crippen LogP contribution in [0.5, 0.6) is 5.75 Å². The second kappa shape index (κ2) is 11.2. The molecule has 1 heterocycles. The molecule has 3 N–H and O–H groups in total. The van der Waals surface area contributed by atoms with E-state index in [0.29, 0.717) is 13.0 Å². The van der Waals surface area contributed by atoms with E-state index in [-0.39, 0.29) is 41.0 Å². The number of carboxylic acids is 1. The number of rotatable bonds is 11. The van der Waals surface area contributed by atoms with Crippen molar-refractivity contribution in [1.29, 1.82) is 0 Å². The molecule has 0 aliphatic heterocycles. The van der Waals surface area contributed by atoms with Crippen molar-refractivity contribution in [2.45, 2.75) is 25.1 Å². The summed E-state index contributed by atoms with van der Waals surface area (Å²) in [6.45, 7) is 0.541. The molecular weight excluding hydrogens is 459 g/mol. The third kappa shape index (κ3) is 7.24. The van der Waals surface area contributed by atoms with E-state index in [4.69, 9.17) is 20.3 Å². The van der Waals surface area contributed by atoms with Gasteiger partial charge in [0, 0.05) is 5.56 Å². The Labute approximate surface area is 192 Å². The van der Waals surface area contributed by atoms with Crippen LogP contribution in [0.4, 0.5) is 13.2 Å². The molecule has 11 heteroatoms. The van der Waals surface area contributed by atoms with Gasteiger partial charge in [0.2, 0.25) is 0 Å². The van der Waals surface area contributed by atoms with E-state index in [0.717, 1.165) is 23.0 Å². The van der Waals surface area contributed by atoms with Crippen LogP contribution in [-0.2, 0) is 22.1 Å². The molecule has 0 spiro atoms. The Morgan fingerprint density at radius 3 is 2.55 bits per heavy atom. The van der Waals surface area contributed by atoms with E-state index in [2.05, 4.69) is 10.2 Å². The smallest absolute Gasteiger partial charge is 0.419 e. The van der Waals surface area contributed by atoms with Crippen molar-refractivity contribution in [3.8, 4) is 16.3 Å². The Kier molecular flexibility index (Phi) is 8.37. The molecule has 1 aromatic heterocycles. The average molecular weight is 481 g/mol. The first kappa shape index (κ1) is 24.6. The molecule has 0 fully saturated rings. The first-order valence-electron chi connectivity index (χ1n) is 10.0. The predicted octanol–water partition coefficient (Wildman–Crippen LogP) is 4.34. The predicted molar refractivity (Wildman–Crippen MR) is 116 cm³/mol. The van der Waals surface area contributed by atoms with E-state index in [1.165, 1.54) is 12.1 Å². The van der Waals surface area contributed by atoms with Crippen LogP contribution in [-0.4, -0.2) is 41.1 Å². The van der Waals surface area contributed by atoms with Crippen molar-refractivity contribution in [2.75, 3.05) is 19.8 Å². The van der Waals surface area contributed by atoms with Gasteiger partial charge in [-0.15, -0.1) is 10.2 Å². The molecule has 0 radical (unpaired) electrons. The van der Waals surface area contributed by atoms with E-state index in [1.54, 1.807) is 0 Å².